The summed E-state index contributed by atoms with van der Waals surface area (Å²) in [5.74, 6) is -1.25. The summed E-state index contributed by atoms with van der Waals surface area (Å²) in [6.45, 7) is -0.0744. The number of hydrogen-bond acceptors (Lipinski definition) is 4. The second kappa shape index (κ2) is 6.08. The number of fused-ring (bicyclic) bond motifs is 1. The molecule has 130 valence electrons. The van der Waals surface area contributed by atoms with Crippen molar-refractivity contribution in [2.24, 2.45) is 5.92 Å². The number of hydrogen-bond donors (Lipinski definition) is 2. The Morgan fingerprint density at radius 1 is 1.42 bits per heavy atom. The van der Waals surface area contributed by atoms with E-state index in [-0.39, 0.29) is 30.8 Å². The molecule has 0 saturated heterocycles. The third kappa shape index (κ3) is 3.53. The van der Waals surface area contributed by atoms with Crippen LogP contribution in [0, 0.1) is 5.92 Å². The van der Waals surface area contributed by atoms with Gasteiger partial charge in [-0.1, -0.05) is 6.07 Å². The summed E-state index contributed by atoms with van der Waals surface area (Å²) in [4.78, 5) is 16.2. The summed E-state index contributed by atoms with van der Waals surface area (Å²) in [5, 5.41) is 13.3. The minimum Gasteiger partial charge on any atom is -0.388 e. The zero-order valence-electron chi connectivity index (χ0n) is 12.9. The lowest BCUT2D eigenvalue weighted by Crippen LogP contribution is -2.45. The summed E-state index contributed by atoms with van der Waals surface area (Å²) >= 11 is 0. The standard InChI is InChI=1S/C16H18F3N3O2/c17-16(18,19)11-4-3-6-15(24,9-11)10-20-12-8-14(23)22-7-2-1-5-13(22)21-12/h1-2,5,7-8,11,20,24H,3-4,6,9-10H2. The van der Waals surface area contributed by atoms with Crippen LogP contribution in [0.25, 0.3) is 5.65 Å². The van der Waals surface area contributed by atoms with Crippen LogP contribution in [0.15, 0.2) is 35.3 Å². The van der Waals surface area contributed by atoms with Crippen molar-refractivity contribution in [3.8, 4) is 0 Å². The van der Waals surface area contributed by atoms with Gasteiger partial charge in [-0.2, -0.15) is 13.2 Å². The molecule has 0 radical (unpaired) electrons. The Kier molecular flexibility index (Phi) is 4.25. The van der Waals surface area contributed by atoms with E-state index in [1.54, 1.807) is 24.4 Å². The molecule has 2 heterocycles. The van der Waals surface area contributed by atoms with Crippen LogP contribution in [0.5, 0.6) is 0 Å². The van der Waals surface area contributed by atoms with E-state index in [0.29, 0.717) is 18.5 Å². The topological polar surface area (TPSA) is 66.6 Å². The van der Waals surface area contributed by atoms with Gasteiger partial charge in [0.1, 0.15) is 11.5 Å². The highest BCUT2D eigenvalue weighted by atomic mass is 19.4. The van der Waals surface area contributed by atoms with Gasteiger partial charge in [0.05, 0.1) is 11.5 Å². The van der Waals surface area contributed by atoms with E-state index in [1.807, 2.05) is 0 Å². The van der Waals surface area contributed by atoms with Gasteiger partial charge in [0.2, 0.25) is 0 Å². The molecule has 0 aromatic carbocycles. The summed E-state index contributed by atoms with van der Waals surface area (Å²) in [7, 11) is 0. The predicted molar refractivity (Wildman–Crippen MR) is 82.9 cm³/mol. The molecule has 3 rings (SSSR count). The molecule has 0 bridgehead atoms. The van der Waals surface area contributed by atoms with E-state index in [9.17, 15) is 23.1 Å². The number of anilines is 1. The molecule has 1 aliphatic rings. The zero-order valence-corrected chi connectivity index (χ0v) is 12.9. The third-order valence-electron chi connectivity index (χ3n) is 4.45. The van der Waals surface area contributed by atoms with E-state index < -0.39 is 17.7 Å². The number of aromatic nitrogens is 2. The average molecular weight is 341 g/mol. The summed E-state index contributed by atoms with van der Waals surface area (Å²) in [6.07, 6.45) is -2.40. The lowest BCUT2D eigenvalue weighted by molar-refractivity contribution is -0.199. The van der Waals surface area contributed by atoms with Gasteiger partial charge >= 0.3 is 6.18 Å². The third-order valence-corrected chi connectivity index (χ3v) is 4.45. The van der Waals surface area contributed by atoms with Gasteiger partial charge < -0.3 is 10.4 Å². The van der Waals surface area contributed by atoms with Crippen molar-refractivity contribution < 1.29 is 18.3 Å². The van der Waals surface area contributed by atoms with Gasteiger partial charge in [0.15, 0.2) is 0 Å². The lowest BCUT2D eigenvalue weighted by Gasteiger charge is -2.37. The Hall–Kier alpha value is -2.09. The number of nitrogens with zero attached hydrogens (tertiary/aromatic N) is 2. The molecular formula is C16H18F3N3O2. The molecule has 2 atom stereocenters. The largest absolute Gasteiger partial charge is 0.391 e. The van der Waals surface area contributed by atoms with E-state index in [0.717, 1.165) is 0 Å². The maximum Gasteiger partial charge on any atom is 0.391 e. The zero-order chi connectivity index (χ0) is 17.4. The Bertz CT molecular complexity index is 790. The van der Waals surface area contributed by atoms with Crippen LogP contribution in [-0.4, -0.2) is 32.8 Å². The number of rotatable bonds is 3. The molecule has 2 aromatic heterocycles. The van der Waals surface area contributed by atoms with Gasteiger partial charge in [0.25, 0.3) is 5.56 Å². The van der Waals surface area contributed by atoms with Gasteiger partial charge in [-0.25, -0.2) is 4.98 Å². The molecule has 2 unspecified atom stereocenters. The number of aliphatic hydroxyl groups is 1. The molecular weight excluding hydrogens is 323 g/mol. The summed E-state index contributed by atoms with van der Waals surface area (Å²) in [5.41, 5.74) is -1.33. The molecule has 24 heavy (non-hydrogen) atoms. The first-order valence-electron chi connectivity index (χ1n) is 7.78. The lowest BCUT2D eigenvalue weighted by atomic mass is 9.77. The van der Waals surface area contributed by atoms with Crippen molar-refractivity contribution in [3.05, 3.63) is 40.8 Å². The highest BCUT2D eigenvalue weighted by Gasteiger charge is 2.46. The van der Waals surface area contributed by atoms with Crippen LogP contribution in [0.2, 0.25) is 0 Å². The smallest absolute Gasteiger partial charge is 0.388 e. The number of halogens is 3. The van der Waals surface area contributed by atoms with Gasteiger partial charge in [-0.3, -0.25) is 9.20 Å². The fourth-order valence-corrected chi connectivity index (χ4v) is 3.18. The van der Waals surface area contributed by atoms with Crippen LogP contribution in [0.4, 0.5) is 19.0 Å². The first-order chi connectivity index (χ1) is 11.3. The van der Waals surface area contributed by atoms with E-state index in [4.69, 9.17) is 0 Å². The summed E-state index contributed by atoms with van der Waals surface area (Å²) < 4.78 is 40.0. The van der Waals surface area contributed by atoms with Crippen molar-refractivity contribution >= 4 is 11.5 Å². The Morgan fingerprint density at radius 2 is 2.21 bits per heavy atom. The first-order valence-corrected chi connectivity index (χ1v) is 7.78. The SMILES string of the molecule is O=c1cc(NCC2(O)CCCC(C(F)(F)F)C2)nc2ccccn12. The molecule has 2 N–H and O–H groups in total. The quantitative estimate of drug-likeness (QED) is 0.901. The van der Waals surface area contributed by atoms with E-state index in [2.05, 4.69) is 10.3 Å². The van der Waals surface area contributed by atoms with E-state index >= 15 is 0 Å². The van der Waals surface area contributed by atoms with E-state index in [1.165, 1.54) is 10.5 Å². The van der Waals surface area contributed by atoms with Gasteiger partial charge in [-0.15, -0.1) is 0 Å². The highest BCUT2D eigenvalue weighted by Crippen LogP contribution is 2.41. The first kappa shape index (κ1) is 16.8. The highest BCUT2D eigenvalue weighted by molar-refractivity contribution is 5.46. The van der Waals surface area contributed by atoms with Crippen LogP contribution >= 0.6 is 0 Å². The summed E-state index contributed by atoms with van der Waals surface area (Å²) in [6, 6.07) is 6.35. The van der Waals surface area contributed by atoms with Gasteiger partial charge in [-0.05, 0) is 37.8 Å². The Labute approximate surface area is 136 Å². The number of nitrogens with one attached hydrogen (secondary N) is 1. The Morgan fingerprint density at radius 3 is 2.96 bits per heavy atom. The molecule has 1 fully saturated rings. The van der Waals surface area contributed by atoms with Crippen molar-refractivity contribution in [3.63, 3.8) is 0 Å². The normalized spacial score (nSPS) is 24.9. The van der Waals surface area contributed by atoms with Crippen LogP contribution in [-0.2, 0) is 0 Å². The molecule has 0 amide bonds. The molecule has 1 aliphatic carbocycles. The van der Waals surface area contributed by atoms with Crippen molar-refractivity contribution in [1.29, 1.82) is 0 Å². The maximum absolute atomic E-state index is 12.9. The van der Waals surface area contributed by atoms with Crippen molar-refractivity contribution in [1.82, 2.24) is 9.38 Å². The van der Waals surface area contributed by atoms with Gasteiger partial charge in [0, 0.05) is 18.8 Å². The van der Waals surface area contributed by atoms with Crippen LogP contribution < -0.4 is 10.9 Å². The maximum atomic E-state index is 12.9. The second-order valence-electron chi connectivity index (χ2n) is 6.32. The minimum atomic E-state index is -4.30. The van der Waals surface area contributed by atoms with Crippen molar-refractivity contribution in [2.75, 3.05) is 11.9 Å². The second-order valence-corrected chi connectivity index (χ2v) is 6.32. The molecule has 2 aromatic rings. The molecule has 8 heteroatoms. The van der Waals surface area contributed by atoms with Crippen molar-refractivity contribution in [2.45, 2.75) is 37.5 Å². The molecule has 0 spiro atoms. The fourth-order valence-electron chi connectivity index (χ4n) is 3.18. The van der Waals surface area contributed by atoms with Crippen LogP contribution in [0.1, 0.15) is 25.7 Å². The molecule has 5 nitrogen and oxygen atoms in total. The average Bonchev–Trinajstić information content (AvgIpc) is 2.52. The molecule has 0 aliphatic heterocycles. The minimum absolute atomic E-state index is 0.0430. The molecule has 1 saturated carbocycles. The van der Waals surface area contributed by atoms with Crippen LogP contribution in [0.3, 0.4) is 0 Å². The number of pyridine rings is 1. The number of alkyl halides is 3. The Balaban J connectivity index is 1.74. The monoisotopic (exact) mass is 341 g/mol. The predicted octanol–water partition coefficient (Wildman–Crippen LogP) is 2.59. The fraction of sp³-hybridized carbons (Fsp3) is 0.500.